The van der Waals surface area contributed by atoms with Crippen LogP contribution in [0.2, 0.25) is 0 Å². The van der Waals surface area contributed by atoms with Gasteiger partial charge in [0.25, 0.3) is 0 Å². The molecule has 1 aliphatic heterocycles. The summed E-state index contributed by atoms with van der Waals surface area (Å²) in [4.78, 5) is 0. The smallest absolute Gasteiger partial charge is 0.139 e. The number of nitrogens with zero attached hydrogens (tertiary/aromatic N) is 2. The molecule has 1 fully saturated rings. The standard InChI is InChI=1S/C17H28BrN3/c1-17(2,3)13-10-11-19-16-14(18)15(20-21(13)16)12-8-6-4-5-7-9-12/h12-13,19H,4-11H2,1-3H3. The Kier molecular flexibility index (Phi) is 4.35. The highest BCUT2D eigenvalue weighted by Gasteiger charge is 2.34. The van der Waals surface area contributed by atoms with Crippen LogP contribution < -0.4 is 5.32 Å². The molecular formula is C17H28BrN3. The third-order valence-electron chi connectivity index (χ3n) is 5.12. The summed E-state index contributed by atoms with van der Waals surface area (Å²) in [6.45, 7) is 8.03. The lowest BCUT2D eigenvalue weighted by atomic mass is 9.84. The molecule has 3 rings (SSSR count). The van der Waals surface area contributed by atoms with Crippen LogP contribution in [0.4, 0.5) is 5.82 Å². The van der Waals surface area contributed by atoms with Crippen LogP contribution in [-0.2, 0) is 0 Å². The quantitative estimate of drug-likeness (QED) is 0.676. The lowest BCUT2D eigenvalue weighted by Gasteiger charge is -2.35. The number of nitrogens with one attached hydrogen (secondary N) is 1. The molecule has 1 aromatic rings. The SMILES string of the molecule is CC(C)(C)C1CCNc2c(Br)c(C3CCCCCC3)nn21. The van der Waals surface area contributed by atoms with Crippen LogP contribution in [-0.4, -0.2) is 16.3 Å². The molecule has 2 heterocycles. The maximum atomic E-state index is 5.07. The zero-order chi connectivity index (χ0) is 15.0. The maximum Gasteiger partial charge on any atom is 0.139 e. The minimum Gasteiger partial charge on any atom is -0.369 e. The van der Waals surface area contributed by atoms with E-state index in [1.165, 1.54) is 54.5 Å². The van der Waals surface area contributed by atoms with Crippen LogP contribution in [0.3, 0.4) is 0 Å². The van der Waals surface area contributed by atoms with E-state index in [1.54, 1.807) is 0 Å². The van der Waals surface area contributed by atoms with Crippen molar-refractivity contribution >= 4 is 21.7 Å². The van der Waals surface area contributed by atoms with Crippen LogP contribution >= 0.6 is 15.9 Å². The second kappa shape index (κ2) is 5.94. The Morgan fingerprint density at radius 3 is 2.38 bits per heavy atom. The number of fused-ring (bicyclic) bond motifs is 1. The van der Waals surface area contributed by atoms with E-state index in [0.29, 0.717) is 12.0 Å². The fourth-order valence-corrected chi connectivity index (χ4v) is 4.60. The van der Waals surface area contributed by atoms with E-state index in [4.69, 9.17) is 5.10 Å². The number of hydrogen-bond donors (Lipinski definition) is 1. The highest BCUT2D eigenvalue weighted by atomic mass is 79.9. The van der Waals surface area contributed by atoms with E-state index in [2.05, 4.69) is 46.7 Å². The molecule has 4 heteroatoms. The molecule has 3 nitrogen and oxygen atoms in total. The van der Waals surface area contributed by atoms with Crippen LogP contribution in [0.15, 0.2) is 4.47 Å². The predicted molar refractivity (Wildman–Crippen MR) is 92.0 cm³/mol. The first-order valence-corrected chi connectivity index (χ1v) is 9.29. The Hall–Kier alpha value is -0.510. The van der Waals surface area contributed by atoms with Crippen molar-refractivity contribution in [3.05, 3.63) is 10.2 Å². The van der Waals surface area contributed by atoms with Crippen molar-refractivity contribution in [1.82, 2.24) is 9.78 Å². The molecule has 1 unspecified atom stereocenters. The first-order chi connectivity index (χ1) is 9.98. The molecule has 2 aliphatic rings. The van der Waals surface area contributed by atoms with E-state index in [1.807, 2.05) is 0 Å². The topological polar surface area (TPSA) is 29.9 Å². The van der Waals surface area contributed by atoms with Crippen LogP contribution in [0, 0.1) is 5.41 Å². The van der Waals surface area contributed by atoms with Crippen LogP contribution in [0.25, 0.3) is 0 Å². The molecule has 0 spiro atoms. The number of aromatic nitrogens is 2. The van der Waals surface area contributed by atoms with Gasteiger partial charge in [0.2, 0.25) is 0 Å². The van der Waals surface area contributed by atoms with Gasteiger partial charge >= 0.3 is 0 Å². The average molecular weight is 354 g/mol. The normalized spacial score (nSPS) is 24.3. The van der Waals surface area contributed by atoms with Gasteiger partial charge in [-0.25, -0.2) is 4.68 Å². The summed E-state index contributed by atoms with van der Waals surface area (Å²) >= 11 is 3.85. The van der Waals surface area contributed by atoms with Gasteiger partial charge in [0.1, 0.15) is 5.82 Å². The summed E-state index contributed by atoms with van der Waals surface area (Å²) in [6.07, 6.45) is 9.26. The molecule has 1 atom stereocenters. The summed E-state index contributed by atoms with van der Waals surface area (Å²) in [6, 6.07) is 0.490. The zero-order valence-electron chi connectivity index (χ0n) is 13.6. The number of anilines is 1. The highest BCUT2D eigenvalue weighted by Crippen LogP contribution is 2.44. The lowest BCUT2D eigenvalue weighted by molar-refractivity contribution is 0.209. The summed E-state index contributed by atoms with van der Waals surface area (Å²) < 4.78 is 3.50. The Labute approximate surface area is 137 Å². The molecular weight excluding hydrogens is 326 g/mol. The molecule has 0 bridgehead atoms. The second-order valence-corrected chi connectivity index (χ2v) is 8.57. The van der Waals surface area contributed by atoms with E-state index >= 15 is 0 Å². The molecule has 1 aromatic heterocycles. The lowest BCUT2D eigenvalue weighted by Crippen LogP contribution is -2.32. The molecule has 1 aliphatic carbocycles. The van der Waals surface area contributed by atoms with Crippen molar-refractivity contribution in [2.75, 3.05) is 11.9 Å². The molecule has 21 heavy (non-hydrogen) atoms. The minimum absolute atomic E-state index is 0.253. The molecule has 0 aromatic carbocycles. The van der Waals surface area contributed by atoms with E-state index < -0.39 is 0 Å². The van der Waals surface area contributed by atoms with Gasteiger partial charge in [-0.3, -0.25) is 0 Å². The van der Waals surface area contributed by atoms with Gasteiger partial charge in [0.15, 0.2) is 0 Å². The van der Waals surface area contributed by atoms with Crippen molar-refractivity contribution < 1.29 is 0 Å². The zero-order valence-corrected chi connectivity index (χ0v) is 15.2. The fraction of sp³-hybridized carbons (Fsp3) is 0.824. The first-order valence-electron chi connectivity index (χ1n) is 8.50. The largest absolute Gasteiger partial charge is 0.369 e. The Bertz CT molecular complexity index is 493. The van der Waals surface area contributed by atoms with Gasteiger partial charge < -0.3 is 5.32 Å². The molecule has 118 valence electrons. The molecule has 0 amide bonds. The maximum absolute atomic E-state index is 5.07. The minimum atomic E-state index is 0.253. The van der Waals surface area contributed by atoms with Crippen molar-refractivity contribution in [2.24, 2.45) is 5.41 Å². The summed E-state index contributed by atoms with van der Waals surface area (Å²) in [5, 5.41) is 8.63. The van der Waals surface area contributed by atoms with E-state index in [9.17, 15) is 0 Å². The summed E-state index contributed by atoms with van der Waals surface area (Å²) in [5.41, 5.74) is 1.55. The third kappa shape index (κ3) is 3.01. The van der Waals surface area contributed by atoms with Crippen molar-refractivity contribution in [2.45, 2.75) is 77.7 Å². The van der Waals surface area contributed by atoms with Crippen molar-refractivity contribution in [3.8, 4) is 0 Å². The van der Waals surface area contributed by atoms with Crippen molar-refractivity contribution in [1.29, 1.82) is 0 Å². The predicted octanol–water partition coefficient (Wildman–Crippen LogP) is 5.49. The summed E-state index contributed by atoms with van der Waals surface area (Å²) in [7, 11) is 0. The van der Waals surface area contributed by atoms with E-state index in [0.717, 1.165) is 13.0 Å². The van der Waals surface area contributed by atoms with Crippen LogP contribution in [0.1, 0.15) is 83.4 Å². The average Bonchev–Trinajstić information content (AvgIpc) is 2.64. The Morgan fingerprint density at radius 1 is 1.10 bits per heavy atom. The van der Waals surface area contributed by atoms with Gasteiger partial charge in [-0.05, 0) is 40.6 Å². The first kappa shape index (κ1) is 15.4. The molecule has 0 saturated heterocycles. The van der Waals surface area contributed by atoms with Gasteiger partial charge in [0, 0.05) is 12.5 Å². The van der Waals surface area contributed by atoms with Gasteiger partial charge in [-0.15, -0.1) is 0 Å². The van der Waals surface area contributed by atoms with Gasteiger partial charge in [-0.1, -0.05) is 46.5 Å². The highest BCUT2D eigenvalue weighted by molar-refractivity contribution is 9.10. The van der Waals surface area contributed by atoms with Crippen LogP contribution in [0.5, 0.6) is 0 Å². The monoisotopic (exact) mass is 353 g/mol. The fourth-order valence-electron chi connectivity index (χ4n) is 3.88. The molecule has 1 N–H and O–H groups in total. The number of hydrogen-bond acceptors (Lipinski definition) is 2. The van der Waals surface area contributed by atoms with Gasteiger partial charge in [0.05, 0.1) is 16.2 Å². The number of rotatable bonds is 1. The third-order valence-corrected chi connectivity index (χ3v) is 5.91. The Morgan fingerprint density at radius 2 is 1.76 bits per heavy atom. The molecule has 1 saturated carbocycles. The van der Waals surface area contributed by atoms with Crippen molar-refractivity contribution in [3.63, 3.8) is 0 Å². The Balaban J connectivity index is 1.95. The molecule has 0 radical (unpaired) electrons. The van der Waals surface area contributed by atoms with E-state index in [-0.39, 0.29) is 5.41 Å². The second-order valence-electron chi connectivity index (χ2n) is 7.78. The number of halogens is 1. The van der Waals surface area contributed by atoms with Gasteiger partial charge in [-0.2, -0.15) is 5.10 Å². The summed E-state index contributed by atoms with van der Waals surface area (Å²) in [5.74, 6) is 1.85.